The molecule has 0 fully saturated rings. The number of guanidine groups is 1. The van der Waals surface area contributed by atoms with Crippen LogP contribution in [-0.2, 0) is 6.54 Å². The van der Waals surface area contributed by atoms with Crippen LogP contribution in [0.25, 0.3) is 0 Å². The largest absolute Gasteiger partial charge is 0.494 e. The summed E-state index contributed by atoms with van der Waals surface area (Å²) in [5, 5.41) is 3.97. The molecule has 4 nitrogen and oxygen atoms in total. The highest BCUT2D eigenvalue weighted by Gasteiger charge is 2.08. The smallest absolute Gasteiger partial charge is 0.193 e. The third-order valence-electron chi connectivity index (χ3n) is 3.18. The standard InChI is InChI=1S/C16H27N3OS.HI/c1-6-20-15-9-7-14(8-10-15)12-19(4)16(17-3)18-11-13(2)21-5;/h7-10,13H,6,11-12H2,1-5H3,(H,17,18);1H. The lowest BCUT2D eigenvalue weighted by Gasteiger charge is -2.23. The summed E-state index contributed by atoms with van der Waals surface area (Å²) in [5.74, 6) is 1.84. The van der Waals surface area contributed by atoms with Gasteiger partial charge in [-0.3, -0.25) is 4.99 Å². The zero-order valence-corrected chi connectivity index (χ0v) is 17.3. The average molecular weight is 437 g/mol. The Labute approximate surface area is 156 Å². The highest BCUT2D eigenvalue weighted by molar-refractivity contribution is 14.0. The Morgan fingerprint density at radius 2 is 2.00 bits per heavy atom. The number of ether oxygens (including phenoxy) is 1. The fourth-order valence-corrected chi connectivity index (χ4v) is 2.16. The first-order valence-corrected chi connectivity index (χ1v) is 8.55. The molecule has 1 rings (SSSR count). The van der Waals surface area contributed by atoms with Crippen molar-refractivity contribution in [3.8, 4) is 5.75 Å². The van der Waals surface area contributed by atoms with Crippen molar-refractivity contribution in [1.82, 2.24) is 10.2 Å². The first-order chi connectivity index (χ1) is 10.1. The molecule has 126 valence electrons. The molecule has 6 heteroatoms. The number of hydrogen-bond donors (Lipinski definition) is 1. The maximum atomic E-state index is 5.46. The summed E-state index contributed by atoms with van der Waals surface area (Å²) in [6.07, 6.45) is 2.12. The minimum atomic E-state index is 0. The Bertz CT molecular complexity index is 440. The highest BCUT2D eigenvalue weighted by Crippen LogP contribution is 2.13. The van der Waals surface area contributed by atoms with Crippen LogP contribution < -0.4 is 10.1 Å². The van der Waals surface area contributed by atoms with E-state index in [1.54, 1.807) is 0 Å². The van der Waals surface area contributed by atoms with E-state index < -0.39 is 0 Å². The molecule has 22 heavy (non-hydrogen) atoms. The van der Waals surface area contributed by atoms with Gasteiger partial charge in [-0.05, 0) is 30.9 Å². The normalized spacial score (nSPS) is 12.3. The van der Waals surface area contributed by atoms with Gasteiger partial charge in [0.2, 0.25) is 0 Å². The molecular weight excluding hydrogens is 409 g/mol. The van der Waals surface area contributed by atoms with Crippen molar-refractivity contribution in [2.24, 2.45) is 4.99 Å². The lowest BCUT2D eigenvalue weighted by atomic mass is 10.2. The molecule has 0 aliphatic carbocycles. The Balaban J connectivity index is 0.00000441. The van der Waals surface area contributed by atoms with Crippen LogP contribution in [0.5, 0.6) is 5.75 Å². The van der Waals surface area contributed by atoms with Crippen molar-refractivity contribution in [1.29, 1.82) is 0 Å². The molecule has 1 unspecified atom stereocenters. The van der Waals surface area contributed by atoms with E-state index >= 15 is 0 Å². The second kappa shape index (κ2) is 11.9. The molecule has 1 atom stereocenters. The number of thioether (sulfide) groups is 1. The minimum Gasteiger partial charge on any atom is -0.494 e. The summed E-state index contributed by atoms with van der Waals surface area (Å²) in [7, 11) is 3.87. The van der Waals surface area contributed by atoms with Crippen LogP contribution in [0.4, 0.5) is 0 Å². The second-order valence-electron chi connectivity index (χ2n) is 4.91. The number of nitrogens with one attached hydrogen (secondary N) is 1. The quantitative estimate of drug-likeness (QED) is 0.403. The van der Waals surface area contributed by atoms with Gasteiger partial charge in [-0.25, -0.2) is 0 Å². The van der Waals surface area contributed by atoms with Crippen LogP contribution in [0, 0.1) is 0 Å². The average Bonchev–Trinajstić information content (AvgIpc) is 2.49. The van der Waals surface area contributed by atoms with Gasteiger partial charge in [-0.1, -0.05) is 19.1 Å². The third-order valence-corrected chi connectivity index (χ3v) is 4.15. The molecule has 1 aromatic rings. The van der Waals surface area contributed by atoms with Gasteiger partial charge < -0.3 is 15.0 Å². The van der Waals surface area contributed by atoms with E-state index in [1.165, 1.54) is 5.56 Å². The summed E-state index contributed by atoms with van der Waals surface area (Å²) in [6, 6.07) is 8.22. The maximum Gasteiger partial charge on any atom is 0.193 e. The van der Waals surface area contributed by atoms with Crippen molar-refractivity contribution < 1.29 is 4.74 Å². The van der Waals surface area contributed by atoms with Gasteiger partial charge in [-0.2, -0.15) is 11.8 Å². The maximum absolute atomic E-state index is 5.46. The van der Waals surface area contributed by atoms with Crippen LogP contribution in [-0.4, -0.2) is 49.6 Å². The van der Waals surface area contributed by atoms with Crippen LogP contribution in [0.2, 0.25) is 0 Å². The molecule has 0 amide bonds. The zero-order chi connectivity index (χ0) is 15.7. The molecule has 1 N–H and O–H groups in total. The van der Waals surface area contributed by atoms with Gasteiger partial charge in [0, 0.05) is 32.4 Å². The molecular formula is C16H28IN3OS. The first kappa shape index (κ1) is 21.4. The van der Waals surface area contributed by atoms with Crippen molar-refractivity contribution in [3.63, 3.8) is 0 Å². The van der Waals surface area contributed by atoms with E-state index in [1.807, 2.05) is 37.9 Å². The summed E-state index contributed by atoms with van der Waals surface area (Å²) in [5.41, 5.74) is 1.24. The molecule has 0 bridgehead atoms. The fraction of sp³-hybridized carbons (Fsp3) is 0.562. The molecule has 1 aromatic carbocycles. The predicted octanol–water partition coefficient (Wildman–Crippen LogP) is 3.46. The lowest BCUT2D eigenvalue weighted by Crippen LogP contribution is -2.40. The Hall–Kier alpha value is -0.630. The number of nitrogens with zero attached hydrogens (tertiary/aromatic N) is 2. The monoisotopic (exact) mass is 437 g/mol. The Kier molecular flexibility index (Phi) is 11.5. The van der Waals surface area contributed by atoms with Crippen molar-refractivity contribution in [2.45, 2.75) is 25.6 Å². The number of halogens is 1. The summed E-state index contributed by atoms with van der Waals surface area (Å²) < 4.78 is 5.46. The van der Waals surface area contributed by atoms with Gasteiger partial charge in [0.15, 0.2) is 5.96 Å². The van der Waals surface area contributed by atoms with E-state index in [2.05, 4.69) is 47.6 Å². The summed E-state index contributed by atoms with van der Waals surface area (Å²) in [4.78, 5) is 6.46. The molecule has 0 aliphatic rings. The number of rotatable bonds is 7. The second-order valence-corrected chi connectivity index (χ2v) is 6.18. The van der Waals surface area contributed by atoms with Gasteiger partial charge in [0.05, 0.1) is 6.61 Å². The van der Waals surface area contributed by atoms with Gasteiger partial charge in [-0.15, -0.1) is 24.0 Å². The molecule has 0 heterocycles. The lowest BCUT2D eigenvalue weighted by molar-refractivity contribution is 0.340. The Morgan fingerprint density at radius 1 is 1.36 bits per heavy atom. The topological polar surface area (TPSA) is 36.9 Å². The van der Waals surface area contributed by atoms with Crippen LogP contribution in [0.3, 0.4) is 0 Å². The fourth-order valence-electron chi connectivity index (χ4n) is 1.91. The van der Waals surface area contributed by atoms with E-state index in [4.69, 9.17) is 4.74 Å². The van der Waals surface area contributed by atoms with E-state index in [0.29, 0.717) is 11.9 Å². The number of benzene rings is 1. The highest BCUT2D eigenvalue weighted by atomic mass is 127. The first-order valence-electron chi connectivity index (χ1n) is 7.27. The van der Waals surface area contributed by atoms with Crippen LogP contribution in [0.15, 0.2) is 29.3 Å². The van der Waals surface area contributed by atoms with Crippen LogP contribution >= 0.6 is 35.7 Å². The molecule has 0 aliphatic heterocycles. The number of aliphatic imine (C=N–C) groups is 1. The van der Waals surface area contributed by atoms with E-state index in [9.17, 15) is 0 Å². The third kappa shape index (κ3) is 7.58. The molecule has 0 saturated carbocycles. The minimum absolute atomic E-state index is 0. The molecule has 0 radical (unpaired) electrons. The summed E-state index contributed by atoms with van der Waals surface area (Å²) >= 11 is 1.85. The van der Waals surface area contributed by atoms with Gasteiger partial charge in [0.25, 0.3) is 0 Å². The van der Waals surface area contributed by atoms with Crippen molar-refractivity contribution in [2.75, 3.05) is 33.5 Å². The molecule has 0 aromatic heterocycles. The predicted molar refractivity (Wildman–Crippen MR) is 109 cm³/mol. The van der Waals surface area contributed by atoms with Gasteiger partial charge in [0.1, 0.15) is 5.75 Å². The zero-order valence-electron chi connectivity index (χ0n) is 14.1. The van der Waals surface area contributed by atoms with Crippen molar-refractivity contribution >= 4 is 41.7 Å². The van der Waals surface area contributed by atoms with Crippen molar-refractivity contribution in [3.05, 3.63) is 29.8 Å². The van der Waals surface area contributed by atoms with Crippen LogP contribution in [0.1, 0.15) is 19.4 Å². The summed E-state index contributed by atoms with van der Waals surface area (Å²) in [6.45, 7) is 6.63. The van der Waals surface area contributed by atoms with Gasteiger partial charge >= 0.3 is 0 Å². The number of hydrogen-bond acceptors (Lipinski definition) is 3. The van der Waals surface area contributed by atoms with E-state index in [-0.39, 0.29) is 24.0 Å². The Morgan fingerprint density at radius 3 is 2.50 bits per heavy atom. The molecule has 0 spiro atoms. The molecule has 0 saturated heterocycles. The SMILES string of the molecule is CCOc1ccc(CN(C)C(=NC)NCC(C)SC)cc1.I. The van der Waals surface area contributed by atoms with E-state index in [0.717, 1.165) is 24.8 Å².